The molecule has 0 bridgehead atoms. The molecule has 0 spiro atoms. The highest BCUT2D eigenvalue weighted by Crippen LogP contribution is 2.29. The Balaban J connectivity index is 1.55. The minimum absolute atomic E-state index is 0.105. The molecule has 30 heavy (non-hydrogen) atoms. The lowest BCUT2D eigenvalue weighted by Gasteiger charge is -2.29. The van der Waals surface area contributed by atoms with E-state index >= 15 is 0 Å². The number of likely N-dealkylation sites (tertiary alicyclic amines) is 1. The Labute approximate surface area is 177 Å². The second-order valence-corrected chi connectivity index (χ2v) is 8.08. The molecule has 1 aliphatic heterocycles. The van der Waals surface area contributed by atoms with Crippen molar-refractivity contribution in [2.75, 3.05) is 39.5 Å². The Morgan fingerprint density at radius 3 is 2.57 bits per heavy atom. The number of nitrogens with zero attached hydrogens (tertiary/aromatic N) is 5. The first-order chi connectivity index (χ1) is 14.5. The van der Waals surface area contributed by atoms with Gasteiger partial charge in [-0.15, -0.1) is 0 Å². The van der Waals surface area contributed by atoms with Crippen molar-refractivity contribution in [2.45, 2.75) is 18.8 Å². The largest absolute Gasteiger partial charge is 0.343 e. The summed E-state index contributed by atoms with van der Waals surface area (Å²) in [5.41, 5.74) is 3.49. The third-order valence-corrected chi connectivity index (χ3v) is 5.74. The van der Waals surface area contributed by atoms with Gasteiger partial charge in [0.2, 0.25) is 5.95 Å². The lowest BCUT2D eigenvalue weighted by atomic mass is 9.89. The van der Waals surface area contributed by atoms with Crippen LogP contribution >= 0.6 is 0 Å². The first kappa shape index (κ1) is 20.1. The van der Waals surface area contributed by atoms with Crippen LogP contribution in [0.1, 0.15) is 34.8 Å². The van der Waals surface area contributed by atoms with Crippen LogP contribution in [0.15, 0.2) is 43.1 Å². The number of hydrogen-bond acceptors (Lipinski definition) is 5. The van der Waals surface area contributed by atoms with Gasteiger partial charge in [0.1, 0.15) is 11.3 Å². The van der Waals surface area contributed by atoms with Gasteiger partial charge in [-0.1, -0.05) is 18.7 Å². The lowest BCUT2D eigenvalue weighted by Crippen LogP contribution is -2.29. The number of fused-ring (bicyclic) bond motifs is 1. The number of aromatic nitrogens is 3. The van der Waals surface area contributed by atoms with Gasteiger partial charge >= 0.3 is 0 Å². The van der Waals surface area contributed by atoms with Crippen molar-refractivity contribution < 1.29 is 4.79 Å². The predicted octanol–water partition coefficient (Wildman–Crippen LogP) is 3.79. The second-order valence-electron chi connectivity index (χ2n) is 8.08. The molecular weight excluding hydrogens is 376 g/mol. The number of carbonyl (C=O) groups excluding carboxylic acids is 1. The van der Waals surface area contributed by atoms with E-state index in [1.807, 2.05) is 0 Å². The zero-order valence-electron chi connectivity index (χ0n) is 17.8. The number of hydrogen-bond donors (Lipinski definition) is 1. The predicted molar refractivity (Wildman–Crippen MR) is 121 cm³/mol. The van der Waals surface area contributed by atoms with E-state index in [1.165, 1.54) is 23.3 Å². The zero-order valence-corrected chi connectivity index (χ0v) is 17.8. The molecule has 0 atom stereocenters. The normalized spacial score (nSPS) is 15.3. The van der Waals surface area contributed by atoms with Gasteiger partial charge in [-0.3, -0.25) is 9.36 Å². The van der Waals surface area contributed by atoms with Gasteiger partial charge in [0, 0.05) is 37.6 Å². The summed E-state index contributed by atoms with van der Waals surface area (Å²) in [6.07, 6.45) is 5.74. The van der Waals surface area contributed by atoms with Gasteiger partial charge in [0.15, 0.2) is 0 Å². The summed E-state index contributed by atoms with van der Waals surface area (Å²) in [4.78, 5) is 25.4. The first-order valence-corrected chi connectivity index (χ1v) is 10.2. The van der Waals surface area contributed by atoms with Gasteiger partial charge in [-0.05, 0) is 62.7 Å². The summed E-state index contributed by atoms with van der Waals surface area (Å²) in [5.74, 6) is 1.01. The molecule has 1 fully saturated rings. The fourth-order valence-corrected chi connectivity index (χ4v) is 3.96. The summed E-state index contributed by atoms with van der Waals surface area (Å²) in [5, 5.41) is 4.07. The molecule has 1 aromatic carbocycles. The highest BCUT2D eigenvalue weighted by Gasteiger charge is 2.19. The maximum Gasteiger partial charge on any atom is 0.270 e. The molecule has 3 heterocycles. The van der Waals surface area contributed by atoms with Crippen LogP contribution in [-0.4, -0.2) is 64.5 Å². The Morgan fingerprint density at radius 2 is 1.93 bits per heavy atom. The smallest absolute Gasteiger partial charge is 0.270 e. The molecule has 0 aliphatic carbocycles. The van der Waals surface area contributed by atoms with Crippen molar-refractivity contribution in [3.05, 3.63) is 54.4 Å². The van der Waals surface area contributed by atoms with E-state index < -0.39 is 0 Å². The molecule has 4 rings (SSSR count). The quantitative estimate of drug-likeness (QED) is 0.701. The Morgan fingerprint density at radius 1 is 1.23 bits per heavy atom. The number of carbonyl (C=O) groups is 1. The minimum atomic E-state index is -0.105. The van der Waals surface area contributed by atoms with Gasteiger partial charge in [0.05, 0.1) is 0 Å². The van der Waals surface area contributed by atoms with Crippen LogP contribution in [-0.2, 0) is 0 Å². The van der Waals surface area contributed by atoms with Crippen LogP contribution in [0.4, 0.5) is 11.6 Å². The van der Waals surface area contributed by atoms with E-state index in [2.05, 4.69) is 58.1 Å². The van der Waals surface area contributed by atoms with Crippen molar-refractivity contribution in [1.82, 2.24) is 24.3 Å². The van der Waals surface area contributed by atoms with Gasteiger partial charge < -0.3 is 15.1 Å². The fraction of sp³-hybridized carbons (Fsp3) is 0.348. The molecule has 1 amide bonds. The third-order valence-electron chi connectivity index (χ3n) is 5.74. The van der Waals surface area contributed by atoms with Gasteiger partial charge in [-0.2, -0.15) is 4.98 Å². The van der Waals surface area contributed by atoms with Gasteiger partial charge in [0.25, 0.3) is 5.91 Å². The van der Waals surface area contributed by atoms with Crippen molar-refractivity contribution in [1.29, 1.82) is 0 Å². The topological polar surface area (TPSA) is 66.3 Å². The van der Waals surface area contributed by atoms with E-state index in [0.717, 1.165) is 24.2 Å². The van der Waals surface area contributed by atoms with Gasteiger partial charge in [-0.25, -0.2) is 4.98 Å². The second kappa shape index (κ2) is 8.28. The Bertz CT molecular complexity index is 1060. The standard InChI is InChI=1S/C23H28N6O/c1-5-29-20(22(30)27(2)3)14-18-15-24-23(26-21(18)29)25-19-8-6-16(7-9-19)17-10-12-28(4)13-11-17/h5-9,14-15,17H,1,10-13H2,2-4H3,(H,24,25,26). The molecule has 7 nitrogen and oxygen atoms in total. The van der Waals surface area contributed by atoms with Crippen LogP contribution in [0.2, 0.25) is 0 Å². The third kappa shape index (κ3) is 3.93. The molecule has 156 valence electrons. The summed E-state index contributed by atoms with van der Waals surface area (Å²) >= 11 is 0. The van der Waals surface area contributed by atoms with Crippen LogP contribution < -0.4 is 5.32 Å². The maximum atomic E-state index is 12.4. The summed E-state index contributed by atoms with van der Waals surface area (Å²) < 4.78 is 1.70. The average molecular weight is 405 g/mol. The monoisotopic (exact) mass is 404 g/mol. The van der Waals surface area contributed by atoms with Crippen LogP contribution in [0.3, 0.4) is 0 Å². The van der Waals surface area contributed by atoms with E-state index in [-0.39, 0.29) is 5.91 Å². The number of rotatable bonds is 5. The zero-order chi connectivity index (χ0) is 21.3. The lowest BCUT2D eigenvalue weighted by molar-refractivity contribution is 0.0821. The van der Waals surface area contributed by atoms with Crippen LogP contribution in [0, 0.1) is 0 Å². The van der Waals surface area contributed by atoms with Crippen LogP contribution in [0.25, 0.3) is 17.2 Å². The van der Waals surface area contributed by atoms with Crippen molar-refractivity contribution >= 4 is 34.8 Å². The Hall–Kier alpha value is -3.19. The molecule has 0 unspecified atom stereocenters. The molecule has 0 radical (unpaired) electrons. The van der Waals surface area contributed by atoms with Crippen molar-refractivity contribution in [3.8, 4) is 0 Å². The van der Waals surface area contributed by atoms with Crippen molar-refractivity contribution in [2.24, 2.45) is 0 Å². The summed E-state index contributed by atoms with van der Waals surface area (Å²) in [7, 11) is 5.63. The van der Waals surface area contributed by atoms with E-state index in [0.29, 0.717) is 23.2 Å². The highest BCUT2D eigenvalue weighted by molar-refractivity contribution is 5.98. The molecule has 1 aliphatic rings. The minimum Gasteiger partial charge on any atom is -0.343 e. The van der Waals surface area contributed by atoms with E-state index in [9.17, 15) is 4.79 Å². The van der Waals surface area contributed by atoms with E-state index in [4.69, 9.17) is 0 Å². The molecule has 1 saturated heterocycles. The fourth-order valence-electron chi connectivity index (χ4n) is 3.96. The number of piperidine rings is 1. The van der Waals surface area contributed by atoms with Crippen LogP contribution in [0.5, 0.6) is 0 Å². The average Bonchev–Trinajstić information content (AvgIpc) is 3.12. The maximum absolute atomic E-state index is 12.4. The first-order valence-electron chi connectivity index (χ1n) is 10.2. The van der Waals surface area contributed by atoms with Crippen molar-refractivity contribution in [3.63, 3.8) is 0 Å². The number of anilines is 2. The Kier molecular flexibility index (Phi) is 5.55. The molecular formula is C23H28N6O. The number of amides is 1. The molecule has 0 saturated carbocycles. The molecule has 3 aromatic rings. The molecule has 7 heteroatoms. The number of benzene rings is 1. The van der Waals surface area contributed by atoms with E-state index in [1.54, 1.807) is 37.1 Å². The SMILES string of the molecule is C=Cn1c(C(=O)N(C)C)cc2cnc(Nc3ccc(C4CCN(C)CC4)cc3)nc21. The summed E-state index contributed by atoms with van der Waals surface area (Å²) in [6, 6.07) is 10.3. The molecule has 1 N–H and O–H groups in total. The highest BCUT2D eigenvalue weighted by atomic mass is 16.2. The number of nitrogens with one attached hydrogen (secondary N) is 1. The molecule has 2 aromatic heterocycles. The summed E-state index contributed by atoms with van der Waals surface area (Å²) in [6.45, 7) is 6.14.